The van der Waals surface area contributed by atoms with Crippen LogP contribution >= 0.6 is 11.6 Å². The van der Waals surface area contributed by atoms with Gasteiger partial charge in [-0.3, -0.25) is 4.79 Å². The fraction of sp³-hybridized carbons (Fsp3) is 0.278. The van der Waals surface area contributed by atoms with Crippen molar-refractivity contribution in [2.75, 3.05) is 19.5 Å². The fourth-order valence-electron chi connectivity index (χ4n) is 2.26. The van der Waals surface area contributed by atoms with Crippen LogP contribution in [0.5, 0.6) is 11.5 Å². The SMILES string of the molecule is COc1ccc(OC)c(CCC(=O)Nc2ccc(C)cc2Cl)c1. The number of hydrogen-bond donors (Lipinski definition) is 1. The molecule has 0 aliphatic heterocycles. The molecule has 0 saturated heterocycles. The number of hydrogen-bond acceptors (Lipinski definition) is 3. The number of halogens is 1. The molecule has 0 fully saturated rings. The molecule has 0 heterocycles. The van der Waals surface area contributed by atoms with E-state index in [1.54, 1.807) is 14.2 Å². The third kappa shape index (κ3) is 4.63. The van der Waals surface area contributed by atoms with Crippen molar-refractivity contribution >= 4 is 23.2 Å². The molecule has 2 aromatic rings. The van der Waals surface area contributed by atoms with Gasteiger partial charge in [0.25, 0.3) is 0 Å². The van der Waals surface area contributed by atoms with Crippen molar-refractivity contribution in [1.29, 1.82) is 0 Å². The van der Waals surface area contributed by atoms with Gasteiger partial charge < -0.3 is 14.8 Å². The molecule has 2 aromatic carbocycles. The Morgan fingerprint density at radius 2 is 1.91 bits per heavy atom. The van der Waals surface area contributed by atoms with Crippen LogP contribution in [-0.2, 0) is 11.2 Å². The largest absolute Gasteiger partial charge is 0.497 e. The highest BCUT2D eigenvalue weighted by atomic mass is 35.5. The van der Waals surface area contributed by atoms with Gasteiger partial charge in [0.05, 0.1) is 24.9 Å². The standard InChI is InChI=1S/C18H20ClNO3/c1-12-4-7-16(15(19)10-12)20-18(21)9-5-13-11-14(22-2)6-8-17(13)23-3/h4,6-8,10-11H,5,9H2,1-3H3,(H,20,21). The number of aryl methyl sites for hydroxylation is 2. The van der Waals surface area contributed by atoms with Gasteiger partial charge >= 0.3 is 0 Å². The third-order valence-electron chi connectivity index (χ3n) is 3.51. The molecule has 0 aromatic heterocycles. The molecule has 0 unspecified atom stereocenters. The molecular formula is C18H20ClNO3. The van der Waals surface area contributed by atoms with E-state index in [2.05, 4.69) is 5.32 Å². The highest BCUT2D eigenvalue weighted by Crippen LogP contribution is 2.26. The van der Waals surface area contributed by atoms with Crippen LogP contribution in [0.25, 0.3) is 0 Å². The van der Waals surface area contributed by atoms with Crippen LogP contribution in [0.2, 0.25) is 5.02 Å². The number of methoxy groups -OCH3 is 2. The van der Waals surface area contributed by atoms with Crippen LogP contribution in [0, 0.1) is 6.92 Å². The highest BCUT2D eigenvalue weighted by molar-refractivity contribution is 6.33. The second-order valence-electron chi connectivity index (χ2n) is 5.21. The summed E-state index contributed by atoms with van der Waals surface area (Å²) in [5, 5.41) is 3.37. The summed E-state index contributed by atoms with van der Waals surface area (Å²) in [5.41, 5.74) is 2.60. The van der Waals surface area contributed by atoms with Gasteiger partial charge in [0.2, 0.25) is 5.91 Å². The summed E-state index contributed by atoms with van der Waals surface area (Å²) in [6.45, 7) is 1.95. The number of carbonyl (C=O) groups excluding carboxylic acids is 1. The van der Waals surface area contributed by atoms with Crippen LogP contribution in [0.4, 0.5) is 5.69 Å². The highest BCUT2D eigenvalue weighted by Gasteiger charge is 2.10. The second kappa shape index (κ2) is 7.88. The molecule has 5 heteroatoms. The molecule has 23 heavy (non-hydrogen) atoms. The Bertz CT molecular complexity index is 701. The molecule has 4 nitrogen and oxygen atoms in total. The van der Waals surface area contributed by atoms with E-state index < -0.39 is 0 Å². The van der Waals surface area contributed by atoms with Crippen molar-refractivity contribution in [3.8, 4) is 11.5 Å². The van der Waals surface area contributed by atoms with E-state index in [0.29, 0.717) is 23.6 Å². The number of nitrogens with one attached hydrogen (secondary N) is 1. The minimum Gasteiger partial charge on any atom is -0.497 e. The second-order valence-corrected chi connectivity index (χ2v) is 5.62. The zero-order valence-electron chi connectivity index (χ0n) is 13.5. The predicted octanol–water partition coefficient (Wildman–Crippen LogP) is 4.24. The first-order valence-corrected chi connectivity index (χ1v) is 7.68. The van der Waals surface area contributed by atoms with Gasteiger partial charge in [-0.25, -0.2) is 0 Å². The molecule has 0 atom stereocenters. The molecular weight excluding hydrogens is 314 g/mol. The molecule has 0 aliphatic rings. The zero-order chi connectivity index (χ0) is 16.8. The average molecular weight is 334 g/mol. The van der Waals surface area contributed by atoms with Gasteiger partial charge in [-0.05, 0) is 54.8 Å². The number of amides is 1. The van der Waals surface area contributed by atoms with Crippen LogP contribution in [0.3, 0.4) is 0 Å². The lowest BCUT2D eigenvalue weighted by Crippen LogP contribution is -2.13. The third-order valence-corrected chi connectivity index (χ3v) is 3.82. The Hall–Kier alpha value is -2.20. The van der Waals surface area contributed by atoms with E-state index in [1.165, 1.54) is 0 Å². The van der Waals surface area contributed by atoms with Crippen LogP contribution in [0.1, 0.15) is 17.5 Å². The summed E-state index contributed by atoms with van der Waals surface area (Å²) in [4.78, 5) is 12.1. The lowest BCUT2D eigenvalue weighted by molar-refractivity contribution is -0.116. The van der Waals surface area contributed by atoms with Crippen LogP contribution in [0.15, 0.2) is 36.4 Å². The summed E-state index contributed by atoms with van der Waals surface area (Å²) < 4.78 is 10.5. The number of carbonyl (C=O) groups is 1. The van der Waals surface area contributed by atoms with E-state index in [4.69, 9.17) is 21.1 Å². The lowest BCUT2D eigenvalue weighted by Gasteiger charge is -2.11. The van der Waals surface area contributed by atoms with Gasteiger partial charge in [0, 0.05) is 6.42 Å². The Balaban J connectivity index is 2.01. The molecule has 0 radical (unpaired) electrons. The topological polar surface area (TPSA) is 47.6 Å². The van der Waals surface area contributed by atoms with Crippen molar-refractivity contribution in [2.24, 2.45) is 0 Å². The number of benzene rings is 2. The van der Waals surface area contributed by atoms with Crippen molar-refractivity contribution in [1.82, 2.24) is 0 Å². The summed E-state index contributed by atoms with van der Waals surface area (Å²) in [6.07, 6.45) is 0.878. The minimum atomic E-state index is -0.0966. The van der Waals surface area contributed by atoms with Crippen molar-refractivity contribution in [3.63, 3.8) is 0 Å². The quantitative estimate of drug-likeness (QED) is 0.860. The molecule has 0 bridgehead atoms. The maximum absolute atomic E-state index is 12.1. The van der Waals surface area contributed by atoms with E-state index >= 15 is 0 Å². The molecule has 2 rings (SSSR count). The van der Waals surface area contributed by atoms with Crippen molar-refractivity contribution in [2.45, 2.75) is 19.8 Å². The van der Waals surface area contributed by atoms with Gasteiger partial charge in [-0.2, -0.15) is 0 Å². The van der Waals surface area contributed by atoms with E-state index in [9.17, 15) is 4.79 Å². The number of anilines is 1. The predicted molar refractivity (Wildman–Crippen MR) is 92.7 cm³/mol. The van der Waals surface area contributed by atoms with Gasteiger partial charge in [-0.1, -0.05) is 17.7 Å². The van der Waals surface area contributed by atoms with Crippen LogP contribution < -0.4 is 14.8 Å². The van der Waals surface area contributed by atoms with Crippen molar-refractivity contribution in [3.05, 3.63) is 52.5 Å². The maximum atomic E-state index is 12.1. The average Bonchev–Trinajstić information content (AvgIpc) is 2.55. The molecule has 122 valence electrons. The Morgan fingerprint density at radius 3 is 2.57 bits per heavy atom. The molecule has 0 saturated carbocycles. The fourth-order valence-corrected chi connectivity index (χ4v) is 2.54. The van der Waals surface area contributed by atoms with Crippen molar-refractivity contribution < 1.29 is 14.3 Å². The molecule has 0 aliphatic carbocycles. The Labute approximate surface area is 141 Å². The normalized spacial score (nSPS) is 10.3. The monoisotopic (exact) mass is 333 g/mol. The van der Waals surface area contributed by atoms with Gasteiger partial charge in [0.15, 0.2) is 0 Å². The van der Waals surface area contributed by atoms with Gasteiger partial charge in [0.1, 0.15) is 11.5 Å². The smallest absolute Gasteiger partial charge is 0.224 e. The first-order valence-electron chi connectivity index (χ1n) is 7.30. The van der Waals surface area contributed by atoms with Crippen LogP contribution in [-0.4, -0.2) is 20.1 Å². The molecule has 0 spiro atoms. The number of rotatable bonds is 6. The minimum absolute atomic E-state index is 0.0966. The Morgan fingerprint density at radius 1 is 1.13 bits per heavy atom. The summed E-state index contributed by atoms with van der Waals surface area (Å²) in [6, 6.07) is 11.1. The van der Waals surface area contributed by atoms with Gasteiger partial charge in [-0.15, -0.1) is 0 Å². The van der Waals surface area contributed by atoms with E-state index in [0.717, 1.165) is 22.6 Å². The maximum Gasteiger partial charge on any atom is 0.224 e. The Kier molecular flexibility index (Phi) is 5.88. The molecule has 1 amide bonds. The summed E-state index contributed by atoms with van der Waals surface area (Å²) in [5.74, 6) is 1.38. The summed E-state index contributed by atoms with van der Waals surface area (Å²) in [7, 11) is 3.22. The van der Waals surface area contributed by atoms with E-state index in [1.807, 2.05) is 43.3 Å². The lowest BCUT2D eigenvalue weighted by atomic mass is 10.1. The van der Waals surface area contributed by atoms with E-state index in [-0.39, 0.29) is 5.91 Å². The first-order chi connectivity index (χ1) is 11.0. The number of ether oxygens (including phenoxy) is 2. The zero-order valence-corrected chi connectivity index (χ0v) is 14.2. The molecule has 1 N–H and O–H groups in total. The summed E-state index contributed by atoms with van der Waals surface area (Å²) >= 11 is 6.13. The first kappa shape index (κ1) is 17.2.